The Balaban J connectivity index is 1.89. The fourth-order valence-electron chi connectivity index (χ4n) is 2.78. The van der Waals surface area contributed by atoms with Crippen molar-refractivity contribution in [3.63, 3.8) is 0 Å². The van der Waals surface area contributed by atoms with E-state index in [2.05, 4.69) is 9.67 Å². The Bertz CT molecular complexity index is 815. The van der Waals surface area contributed by atoms with Crippen molar-refractivity contribution in [3.05, 3.63) is 47.0 Å². The SMILES string of the molecule is Cn1cc(C(N)c2nc3cc(Cl)ccc3n2C2CC2)cn1. The van der Waals surface area contributed by atoms with Gasteiger partial charge in [-0.05, 0) is 31.0 Å². The molecular weight excluding hydrogens is 286 g/mol. The van der Waals surface area contributed by atoms with Crippen LogP contribution in [0, 0.1) is 0 Å². The van der Waals surface area contributed by atoms with Gasteiger partial charge in [0.15, 0.2) is 0 Å². The fraction of sp³-hybridized carbons (Fsp3) is 0.333. The highest BCUT2D eigenvalue weighted by atomic mass is 35.5. The zero-order chi connectivity index (χ0) is 14.6. The number of imidazole rings is 1. The zero-order valence-corrected chi connectivity index (χ0v) is 12.5. The zero-order valence-electron chi connectivity index (χ0n) is 11.7. The monoisotopic (exact) mass is 301 g/mol. The van der Waals surface area contributed by atoms with Crippen LogP contribution in [-0.4, -0.2) is 19.3 Å². The molecule has 0 aliphatic heterocycles. The summed E-state index contributed by atoms with van der Waals surface area (Å²) in [5, 5.41) is 4.90. The molecule has 1 saturated carbocycles. The van der Waals surface area contributed by atoms with Gasteiger partial charge in [0.2, 0.25) is 0 Å². The summed E-state index contributed by atoms with van der Waals surface area (Å²) in [6, 6.07) is 6.07. The van der Waals surface area contributed by atoms with E-state index in [1.807, 2.05) is 31.4 Å². The molecule has 108 valence electrons. The minimum atomic E-state index is -0.273. The van der Waals surface area contributed by atoms with E-state index >= 15 is 0 Å². The Hall–Kier alpha value is -1.85. The van der Waals surface area contributed by atoms with Crippen LogP contribution in [0.2, 0.25) is 5.02 Å². The van der Waals surface area contributed by atoms with E-state index in [1.54, 1.807) is 10.9 Å². The maximum atomic E-state index is 6.43. The molecule has 1 aromatic carbocycles. The Kier molecular flexibility index (Phi) is 2.80. The third-order valence-corrected chi connectivity index (χ3v) is 4.19. The van der Waals surface area contributed by atoms with Gasteiger partial charge in [0.25, 0.3) is 0 Å². The number of hydrogen-bond donors (Lipinski definition) is 1. The number of aromatic nitrogens is 4. The predicted molar refractivity (Wildman–Crippen MR) is 82.3 cm³/mol. The average Bonchev–Trinajstić information content (AvgIpc) is 3.09. The maximum Gasteiger partial charge on any atom is 0.131 e. The first-order chi connectivity index (χ1) is 10.1. The van der Waals surface area contributed by atoms with Crippen LogP contribution in [-0.2, 0) is 7.05 Å². The molecule has 1 unspecified atom stereocenters. The molecule has 4 rings (SSSR count). The maximum absolute atomic E-state index is 6.43. The summed E-state index contributed by atoms with van der Waals surface area (Å²) < 4.78 is 4.03. The highest BCUT2D eigenvalue weighted by Crippen LogP contribution is 2.40. The summed E-state index contributed by atoms with van der Waals surface area (Å²) in [7, 11) is 1.89. The summed E-state index contributed by atoms with van der Waals surface area (Å²) in [5.74, 6) is 0.891. The summed E-state index contributed by atoms with van der Waals surface area (Å²) in [4.78, 5) is 4.74. The minimum absolute atomic E-state index is 0.273. The number of fused-ring (bicyclic) bond motifs is 1. The van der Waals surface area contributed by atoms with Crippen LogP contribution in [0.15, 0.2) is 30.6 Å². The lowest BCUT2D eigenvalue weighted by molar-refractivity contribution is 0.658. The Morgan fingerprint density at radius 3 is 2.86 bits per heavy atom. The molecule has 1 aliphatic rings. The molecule has 21 heavy (non-hydrogen) atoms. The third-order valence-electron chi connectivity index (χ3n) is 3.95. The van der Waals surface area contributed by atoms with Crippen molar-refractivity contribution in [2.75, 3.05) is 0 Å². The Morgan fingerprint density at radius 1 is 1.38 bits per heavy atom. The largest absolute Gasteiger partial charge is 0.323 e. The van der Waals surface area contributed by atoms with Gasteiger partial charge in [-0.3, -0.25) is 4.68 Å². The molecule has 0 saturated heterocycles. The van der Waals surface area contributed by atoms with Gasteiger partial charge in [-0.2, -0.15) is 5.10 Å². The lowest BCUT2D eigenvalue weighted by Gasteiger charge is -2.12. The van der Waals surface area contributed by atoms with E-state index in [0.29, 0.717) is 11.1 Å². The van der Waals surface area contributed by atoms with E-state index in [-0.39, 0.29) is 6.04 Å². The summed E-state index contributed by atoms with van der Waals surface area (Å²) >= 11 is 6.08. The van der Waals surface area contributed by atoms with Gasteiger partial charge < -0.3 is 10.3 Å². The van der Waals surface area contributed by atoms with Crippen LogP contribution >= 0.6 is 11.6 Å². The van der Waals surface area contributed by atoms with Gasteiger partial charge in [0, 0.05) is 29.9 Å². The van der Waals surface area contributed by atoms with Crippen LogP contribution in [0.5, 0.6) is 0 Å². The first-order valence-corrected chi connectivity index (χ1v) is 7.43. The molecule has 0 amide bonds. The van der Waals surface area contributed by atoms with Crippen molar-refractivity contribution in [2.24, 2.45) is 12.8 Å². The van der Waals surface area contributed by atoms with E-state index in [9.17, 15) is 0 Å². The second-order valence-electron chi connectivity index (χ2n) is 5.63. The molecule has 1 aliphatic carbocycles. The molecule has 2 heterocycles. The molecule has 2 aromatic heterocycles. The van der Waals surface area contributed by atoms with E-state index in [1.165, 1.54) is 12.8 Å². The standard InChI is InChI=1S/C15H16ClN5/c1-20-8-9(7-18-20)14(17)15-19-12-6-10(16)2-5-13(12)21(15)11-3-4-11/h2,5-8,11,14H,3-4,17H2,1H3. The van der Waals surface area contributed by atoms with Gasteiger partial charge in [-0.25, -0.2) is 4.98 Å². The highest BCUT2D eigenvalue weighted by molar-refractivity contribution is 6.31. The first kappa shape index (κ1) is 12.9. The van der Waals surface area contributed by atoms with Crippen molar-refractivity contribution >= 4 is 22.6 Å². The molecule has 1 fully saturated rings. The summed E-state index contributed by atoms with van der Waals surface area (Å²) in [5.41, 5.74) is 9.42. The molecule has 1 atom stereocenters. The number of benzene rings is 1. The van der Waals surface area contributed by atoms with Gasteiger partial charge >= 0.3 is 0 Å². The van der Waals surface area contributed by atoms with Crippen molar-refractivity contribution in [1.82, 2.24) is 19.3 Å². The number of rotatable bonds is 3. The van der Waals surface area contributed by atoms with Crippen molar-refractivity contribution < 1.29 is 0 Å². The van der Waals surface area contributed by atoms with E-state index in [0.717, 1.165) is 22.4 Å². The Labute approximate surface area is 127 Å². The topological polar surface area (TPSA) is 61.7 Å². The number of nitrogens with two attached hydrogens (primary N) is 1. The second kappa shape index (κ2) is 4.58. The lowest BCUT2D eigenvalue weighted by atomic mass is 10.1. The molecule has 6 heteroatoms. The molecule has 3 aromatic rings. The molecule has 2 N–H and O–H groups in total. The second-order valence-corrected chi connectivity index (χ2v) is 6.07. The number of aryl methyl sites for hydroxylation is 1. The quantitative estimate of drug-likeness (QED) is 0.809. The van der Waals surface area contributed by atoms with Crippen molar-refractivity contribution in [2.45, 2.75) is 24.9 Å². The summed E-state index contributed by atoms with van der Waals surface area (Å²) in [6.07, 6.45) is 6.10. The van der Waals surface area contributed by atoms with Crippen LogP contribution in [0.4, 0.5) is 0 Å². The fourth-order valence-corrected chi connectivity index (χ4v) is 2.94. The summed E-state index contributed by atoms with van der Waals surface area (Å²) in [6.45, 7) is 0. The normalized spacial score (nSPS) is 16.5. The molecule has 0 radical (unpaired) electrons. The number of hydrogen-bond acceptors (Lipinski definition) is 3. The number of halogens is 1. The molecule has 0 bridgehead atoms. The van der Waals surface area contributed by atoms with E-state index in [4.69, 9.17) is 22.3 Å². The molecular formula is C15H16ClN5. The van der Waals surface area contributed by atoms with Crippen LogP contribution < -0.4 is 5.73 Å². The van der Waals surface area contributed by atoms with Gasteiger partial charge in [-0.1, -0.05) is 11.6 Å². The van der Waals surface area contributed by atoms with Crippen LogP contribution in [0.25, 0.3) is 11.0 Å². The Morgan fingerprint density at radius 2 is 2.19 bits per heavy atom. The lowest BCUT2D eigenvalue weighted by Crippen LogP contribution is -2.17. The molecule has 5 nitrogen and oxygen atoms in total. The smallest absolute Gasteiger partial charge is 0.131 e. The van der Waals surface area contributed by atoms with Crippen LogP contribution in [0.1, 0.15) is 36.3 Å². The molecule has 0 spiro atoms. The van der Waals surface area contributed by atoms with Crippen molar-refractivity contribution in [3.8, 4) is 0 Å². The van der Waals surface area contributed by atoms with Crippen molar-refractivity contribution in [1.29, 1.82) is 0 Å². The predicted octanol–water partition coefficient (Wildman–Crippen LogP) is 2.81. The van der Waals surface area contributed by atoms with Gasteiger partial charge in [0.05, 0.1) is 23.3 Å². The minimum Gasteiger partial charge on any atom is -0.323 e. The van der Waals surface area contributed by atoms with Gasteiger partial charge in [0.1, 0.15) is 5.82 Å². The first-order valence-electron chi connectivity index (χ1n) is 7.05. The highest BCUT2D eigenvalue weighted by Gasteiger charge is 2.30. The number of nitrogens with zero attached hydrogens (tertiary/aromatic N) is 4. The third kappa shape index (κ3) is 2.13. The van der Waals surface area contributed by atoms with Crippen LogP contribution in [0.3, 0.4) is 0 Å². The average molecular weight is 302 g/mol. The van der Waals surface area contributed by atoms with Gasteiger partial charge in [-0.15, -0.1) is 0 Å². The van der Waals surface area contributed by atoms with E-state index < -0.39 is 0 Å².